The molecule has 1 aliphatic heterocycles. The van der Waals surface area contributed by atoms with Crippen molar-refractivity contribution >= 4 is 17.3 Å². The molecule has 0 aliphatic carbocycles. The van der Waals surface area contributed by atoms with Crippen molar-refractivity contribution in [1.82, 2.24) is 0 Å². The molecule has 1 N–H and O–H groups in total. The second kappa shape index (κ2) is 7.25. The molecule has 126 valence electrons. The fourth-order valence-electron chi connectivity index (χ4n) is 2.71. The summed E-state index contributed by atoms with van der Waals surface area (Å²) < 4.78 is 11.0. The first-order chi connectivity index (χ1) is 11.7. The van der Waals surface area contributed by atoms with Gasteiger partial charge in [0.05, 0.1) is 6.54 Å². The zero-order valence-corrected chi connectivity index (χ0v) is 14.0. The van der Waals surface area contributed by atoms with Crippen molar-refractivity contribution < 1.29 is 14.3 Å². The number of aryl methyl sites for hydroxylation is 1. The predicted octanol–water partition coefficient (Wildman–Crippen LogP) is 3.23. The number of likely N-dealkylation sites (N-methyl/N-ethyl adjacent to an activating group) is 1. The molecule has 0 saturated carbocycles. The second-order valence-electron chi connectivity index (χ2n) is 5.76. The highest BCUT2D eigenvalue weighted by molar-refractivity contribution is 5.94. The minimum absolute atomic E-state index is 0.0602. The third-order valence-electron chi connectivity index (χ3n) is 3.91. The number of ether oxygens (including phenoxy) is 2. The van der Waals surface area contributed by atoms with Crippen molar-refractivity contribution in [1.29, 1.82) is 0 Å². The molecule has 5 heteroatoms. The highest BCUT2D eigenvalue weighted by Gasteiger charge is 2.14. The van der Waals surface area contributed by atoms with E-state index in [4.69, 9.17) is 9.47 Å². The van der Waals surface area contributed by atoms with Crippen LogP contribution >= 0.6 is 0 Å². The van der Waals surface area contributed by atoms with Crippen molar-refractivity contribution in [2.45, 2.75) is 13.8 Å². The molecule has 0 unspecified atom stereocenters. The highest BCUT2D eigenvalue weighted by atomic mass is 16.6. The first-order valence-electron chi connectivity index (χ1n) is 8.17. The topological polar surface area (TPSA) is 50.8 Å². The minimum Gasteiger partial charge on any atom is -0.486 e. The van der Waals surface area contributed by atoms with Crippen molar-refractivity contribution in [3.8, 4) is 11.5 Å². The summed E-state index contributed by atoms with van der Waals surface area (Å²) in [5, 5.41) is 2.93. The van der Waals surface area contributed by atoms with E-state index in [-0.39, 0.29) is 5.91 Å². The number of carbonyl (C=O) groups is 1. The molecule has 0 aromatic heterocycles. The Hall–Kier alpha value is -2.69. The first kappa shape index (κ1) is 16.2. The molecule has 1 heterocycles. The molecule has 0 bridgehead atoms. The van der Waals surface area contributed by atoms with Crippen LogP contribution < -0.4 is 19.7 Å². The predicted molar refractivity (Wildman–Crippen MR) is 95.1 cm³/mol. The lowest BCUT2D eigenvalue weighted by Crippen LogP contribution is -2.33. The van der Waals surface area contributed by atoms with Crippen molar-refractivity contribution in [2.75, 3.05) is 36.5 Å². The number of carbonyl (C=O) groups excluding carboxylic acids is 1. The molecule has 24 heavy (non-hydrogen) atoms. The Morgan fingerprint density at radius 2 is 1.92 bits per heavy atom. The van der Waals surface area contributed by atoms with E-state index in [1.807, 2.05) is 49.1 Å². The molecule has 2 aromatic carbocycles. The van der Waals surface area contributed by atoms with Crippen molar-refractivity contribution in [3.63, 3.8) is 0 Å². The van der Waals surface area contributed by atoms with Crippen LogP contribution in [-0.4, -0.2) is 32.2 Å². The van der Waals surface area contributed by atoms with Crippen molar-refractivity contribution in [3.05, 3.63) is 48.0 Å². The zero-order valence-electron chi connectivity index (χ0n) is 14.0. The Morgan fingerprint density at radius 1 is 1.12 bits per heavy atom. The van der Waals surface area contributed by atoms with E-state index in [2.05, 4.69) is 11.4 Å². The van der Waals surface area contributed by atoms with Gasteiger partial charge < -0.3 is 19.7 Å². The van der Waals surface area contributed by atoms with Gasteiger partial charge in [0, 0.05) is 24.0 Å². The Kier molecular flexibility index (Phi) is 4.89. The number of nitrogens with zero attached hydrogens (tertiary/aromatic N) is 1. The number of hydrogen-bond acceptors (Lipinski definition) is 4. The largest absolute Gasteiger partial charge is 0.486 e. The molecule has 5 nitrogen and oxygen atoms in total. The average molecular weight is 326 g/mol. The number of fused-ring (bicyclic) bond motifs is 1. The lowest BCUT2D eigenvalue weighted by molar-refractivity contribution is -0.115. The Bertz CT molecular complexity index is 730. The quantitative estimate of drug-likeness (QED) is 0.916. The summed E-state index contributed by atoms with van der Waals surface area (Å²) in [6.07, 6.45) is 0. The molecule has 3 rings (SSSR count). The number of hydrogen-bond donors (Lipinski definition) is 1. The van der Waals surface area contributed by atoms with Gasteiger partial charge in [-0.1, -0.05) is 12.1 Å². The van der Waals surface area contributed by atoms with Gasteiger partial charge in [0.25, 0.3) is 0 Å². The second-order valence-corrected chi connectivity index (χ2v) is 5.76. The Labute approximate surface area is 142 Å². The third kappa shape index (κ3) is 3.79. The van der Waals surface area contributed by atoms with Gasteiger partial charge in [0.15, 0.2) is 11.5 Å². The summed E-state index contributed by atoms with van der Waals surface area (Å²) in [6.45, 7) is 6.24. The van der Waals surface area contributed by atoms with Gasteiger partial charge in [-0.15, -0.1) is 0 Å². The Balaban J connectivity index is 1.66. The minimum atomic E-state index is -0.0602. The van der Waals surface area contributed by atoms with E-state index in [1.165, 1.54) is 5.56 Å². The number of rotatable bonds is 5. The number of amides is 1. The lowest BCUT2D eigenvalue weighted by atomic mass is 10.2. The highest BCUT2D eigenvalue weighted by Crippen LogP contribution is 2.32. The smallest absolute Gasteiger partial charge is 0.243 e. The summed E-state index contributed by atoms with van der Waals surface area (Å²) in [4.78, 5) is 14.4. The van der Waals surface area contributed by atoms with Gasteiger partial charge in [-0.25, -0.2) is 0 Å². The molecule has 0 fully saturated rings. The average Bonchev–Trinajstić information content (AvgIpc) is 2.59. The van der Waals surface area contributed by atoms with Crippen LogP contribution in [0, 0.1) is 6.92 Å². The third-order valence-corrected chi connectivity index (χ3v) is 3.91. The van der Waals surface area contributed by atoms with E-state index < -0.39 is 0 Å². The van der Waals surface area contributed by atoms with Gasteiger partial charge in [-0.3, -0.25) is 4.79 Å². The number of benzene rings is 2. The normalized spacial score (nSPS) is 12.6. The fraction of sp³-hybridized carbons (Fsp3) is 0.316. The molecule has 0 saturated heterocycles. The van der Waals surface area contributed by atoms with Crippen LogP contribution in [0.25, 0.3) is 0 Å². The monoisotopic (exact) mass is 326 g/mol. The van der Waals surface area contributed by atoms with E-state index >= 15 is 0 Å². The summed E-state index contributed by atoms with van der Waals surface area (Å²) in [5.41, 5.74) is 2.94. The van der Waals surface area contributed by atoms with Crippen molar-refractivity contribution in [2.24, 2.45) is 0 Å². The van der Waals surface area contributed by atoms with E-state index in [0.717, 1.165) is 12.2 Å². The van der Waals surface area contributed by atoms with Gasteiger partial charge in [0.1, 0.15) is 13.2 Å². The molecular formula is C19H22N2O3. The van der Waals surface area contributed by atoms with Crippen LogP contribution in [0.15, 0.2) is 42.5 Å². The SMILES string of the molecule is CCN(CC(=O)Nc1ccc2c(c1)OCCO2)c1cccc(C)c1. The van der Waals surface area contributed by atoms with Crippen LogP contribution in [0.3, 0.4) is 0 Å². The van der Waals surface area contributed by atoms with Crippen LogP contribution in [0.2, 0.25) is 0 Å². The van der Waals surface area contributed by atoms with E-state index in [0.29, 0.717) is 36.9 Å². The molecule has 0 spiro atoms. The fourth-order valence-corrected chi connectivity index (χ4v) is 2.71. The maximum atomic E-state index is 12.4. The molecule has 1 aliphatic rings. The summed E-state index contributed by atoms with van der Waals surface area (Å²) >= 11 is 0. The van der Waals surface area contributed by atoms with Gasteiger partial charge in [-0.2, -0.15) is 0 Å². The van der Waals surface area contributed by atoms with Gasteiger partial charge in [-0.05, 0) is 43.7 Å². The molecule has 1 amide bonds. The van der Waals surface area contributed by atoms with Gasteiger partial charge >= 0.3 is 0 Å². The summed E-state index contributed by atoms with van der Waals surface area (Å²) in [7, 11) is 0. The Morgan fingerprint density at radius 3 is 2.67 bits per heavy atom. The van der Waals surface area contributed by atoms with Crippen LogP contribution in [0.1, 0.15) is 12.5 Å². The molecule has 2 aromatic rings. The maximum Gasteiger partial charge on any atom is 0.243 e. The molecular weight excluding hydrogens is 304 g/mol. The zero-order chi connectivity index (χ0) is 16.9. The van der Waals surface area contributed by atoms with Crippen LogP contribution in [0.5, 0.6) is 11.5 Å². The number of nitrogens with one attached hydrogen (secondary N) is 1. The van der Waals surface area contributed by atoms with Crippen LogP contribution in [0.4, 0.5) is 11.4 Å². The number of anilines is 2. The maximum absolute atomic E-state index is 12.4. The molecule has 0 atom stereocenters. The first-order valence-corrected chi connectivity index (χ1v) is 8.17. The van der Waals surface area contributed by atoms with Crippen LogP contribution in [-0.2, 0) is 4.79 Å². The van der Waals surface area contributed by atoms with Gasteiger partial charge in [0.2, 0.25) is 5.91 Å². The summed E-state index contributed by atoms with van der Waals surface area (Å²) in [6, 6.07) is 13.6. The lowest BCUT2D eigenvalue weighted by Gasteiger charge is -2.23. The van der Waals surface area contributed by atoms with E-state index in [1.54, 1.807) is 6.07 Å². The molecule has 0 radical (unpaired) electrons. The van der Waals surface area contributed by atoms with E-state index in [9.17, 15) is 4.79 Å². The summed E-state index contributed by atoms with van der Waals surface area (Å²) in [5.74, 6) is 1.33. The standard InChI is InChI=1S/C19H22N2O3/c1-3-21(16-6-4-5-14(2)11-16)13-19(22)20-15-7-8-17-18(12-15)24-10-9-23-17/h4-8,11-12H,3,9-10,13H2,1-2H3,(H,20,22).